The first-order valence-electron chi connectivity index (χ1n) is 5.10. The summed E-state index contributed by atoms with van der Waals surface area (Å²) < 4.78 is 5.14. The smallest absolute Gasteiger partial charge is 0.303 e. The maximum absolute atomic E-state index is 10.9. The highest BCUT2D eigenvalue weighted by Crippen LogP contribution is 2.25. The molecule has 1 atom stereocenters. The van der Waals surface area contributed by atoms with Gasteiger partial charge in [0.1, 0.15) is 6.10 Å². The van der Waals surface area contributed by atoms with E-state index in [9.17, 15) is 4.79 Å². The van der Waals surface area contributed by atoms with E-state index in [0.29, 0.717) is 0 Å². The van der Waals surface area contributed by atoms with Crippen molar-refractivity contribution in [3.05, 3.63) is 29.3 Å². The summed E-state index contributed by atoms with van der Waals surface area (Å²) in [7, 11) is 0. The lowest BCUT2D eigenvalue weighted by atomic mass is 9.99. The van der Waals surface area contributed by atoms with Crippen molar-refractivity contribution in [1.29, 1.82) is 0 Å². The lowest BCUT2D eigenvalue weighted by Crippen LogP contribution is -2.08. The van der Waals surface area contributed by atoms with E-state index in [0.717, 1.165) is 23.2 Å². The van der Waals surface area contributed by atoms with Crippen LogP contribution < -0.4 is 5.73 Å². The fraction of sp³-hybridized carbons (Fsp3) is 0.417. The summed E-state index contributed by atoms with van der Waals surface area (Å²) in [4.78, 5) is 10.9. The van der Waals surface area contributed by atoms with E-state index in [-0.39, 0.29) is 24.5 Å². The topological polar surface area (TPSA) is 52.3 Å². The molecule has 90 valence electrons. The quantitative estimate of drug-likeness (QED) is 0.656. The van der Waals surface area contributed by atoms with Gasteiger partial charge in [0.2, 0.25) is 0 Å². The zero-order valence-electron chi connectivity index (χ0n) is 9.82. The highest BCUT2D eigenvalue weighted by molar-refractivity contribution is 5.85. The third kappa shape index (κ3) is 3.42. The van der Waals surface area contributed by atoms with Crippen LogP contribution in [-0.2, 0) is 16.0 Å². The Balaban J connectivity index is 0.00000225. The number of nitrogens with two attached hydrogens (primary N) is 1. The third-order valence-electron chi connectivity index (χ3n) is 2.38. The summed E-state index contributed by atoms with van der Waals surface area (Å²) >= 11 is 0. The van der Waals surface area contributed by atoms with Crippen LogP contribution in [0.15, 0.2) is 18.2 Å². The van der Waals surface area contributed by atoms with Crippen LogP contribution >= 0.6 is 12.4 Å². The largest absolute Gasteiger partial charge is 0.458 e. The van der Waals surface area contributed by atoms with Crippen LogP contribution in [0.3, 0.4) is 0 Å². The Morgan fingerprint density at radius 1 is 1.50 bits per heavy atom. The molecule has 0 bridgehead atoms. The predicted octanol–water partition coefficient (Wildman–Crippen LogP) is 2.88. The summed E-state index contributed by atoms with van der Waals surface area (Å²) in [6, 6.07) is 5.69. The second kappa shape index (κ2) is 6.38. The minimum atomic E-state index is -0.271. The molecule has 0 aliphatic carbocycles. The summed E-state index contributed by atoms with van der Waals surface area (Å²) in [5.41, 5.74) is 8.67. The first-order chi connectivity index (χ1) is 7.06. The maximum atomic E-state index is 10.9. The second-order valence-electron chi connectivity index (χ2n) is 3.52. The molecular formula is C12H18ClNO2. The molecule has 2 N–H and O–H groups in total. The molecule has 16 heavy (non-hydrogen) atoms. The lowest BCUT2D eigenvalue weighted by molar-refractivity contribution is -0.145. The predicted molar refractivity (Wildman–Crippen MR) is 67.7 cm³/mol. The number of anilines is 1. The lowest BCUT2D eigenvalue weighted by Gasteiger charge is -2.17. The zero-order valence-corrected chi connectivity index (χ0v) is 10.6. The number of carbonyl (C=O) groups excluding carboxylic acids is 1. The highest BCUT2D eigenvalue weighted by Gasteiger charge is 2.13. The Hall–Kier alpha value is -1.22. The number of benzene rings is 1. The van der Waals surface area contributed by atoms with Crippen molar-refractivity contribution < 1.29 is 9.53 Å². The van der Waals surface area contributed by atoms with Gasteiger partial charge in [-0.05, 0) is 30.5 Å². The second-order valence-corrected chi connectivity index (χ2v) is 3.52. The normalized spacial score (nSPS) is 11.4. The molecule has 0 aromatic heterocycles. The van der Waals surface area contributed by atoms with Gasteiger partial charge in [-0.2, -0.15) is 0 Å². The Bertz CT molecular complexity index is 366. The fourth-order valence-electron chi connectivity index (χ4n) is 1.72. The molecule has 0 fully saturated rings. The van der Waals surface area contributed by atoms with Crippen molar-refractivity contribution in [1.82, 2.24) is 0 Å². The zero-order chi connectivity index (χ0) is 11.4. The van der Waals surface area contributed by atoms with Crippen LogP contribution in [0.4, 0.5) is 5.69 Å². The number of nitrogen functional groups attached to an aromatic ring is 1. The number of ether oxygens (including phenoxy) is 1. The number of hydrogen-bond acceptors (Lipinski definition) is 3. The van der Waals surface area contributed by atoms with Crippen LogP contribution in [0.2, 0.25) is 0 Å². The van der Waals surface area contributed by atoms with E-state index in [1.807, 2.05) is 32.0 Å². The molecule has 0 amide bonds. The van der Waals surface area contributed by atoms with Gasteiger partial charge in [0.05, 0.1) is 0 Å². The van der Waals surface area contributed by atoms with Gasteiger partial charge in [0.25, 0.3) is 0 Å². The number of esters is 1. The summed E-state index contributed by atoms with van der Waals surface area (Å²) in [5.74, 6) is -0.271. The first-order valence-corrected chi connectivity index (χ1v) is 5.10. The summed E-state index contributed by atoms with van der Waals surface area (Å²) in [6.45, 7) is 5.30. The van der Waals surface area contributed by atoms with Crippen molar-refractivity contribution in [2.75, 3.05) is 5.73 Å². The van der Waals surface area contributed by atoms with E-state index in [4.69, 9.17) is 10.5 Å². The molecule has 1 rings (SSSR count). The summed E-state index contributed by atoms with van der Waals surface area (Å²) in [5, 5.41) is 0. The average Bonchev–Trinajstić information content (AvgIpc) is 2.16. The number of carbonyl (C=O) groups is 1. The molecule has 0 aliphatic heterocycles. The van der Waals surface area contributed by atoms with Gasteiger partial charge >= 0.3 is 5.97 Å². The highest BCUT2D eigenvalue weighted by atomic mass is 35.5. The number of rotatable bonds is 3. The van der Waals surface area contributed by atoms with Crippen LogP contribution in [0.25, 0.3) is 0 Å². The van der Waals surface area contributed by atoms with Gasteiger partial charge in [-0.3, -0.25) is 4.79 Å². The van der Waals surface area contributed by atoms with E-state index in [1.54, 1.807) is 0 Å². The van der Waals surface area contributed by atoms with Gasteiger partial charge in [0, 0.05) is 12.6 Å². The van der Waals surface area contributed by atoms with Gasteiger partial charge in [-0.1, -0.05) is 19.1 Å². The fourth-order valence-corrected chi connectivity index (χ4v) is 1.72. The van der Waals surface area contributed by atoms with Gasteiger partial charge < -0.3 is 10.5 Å². The van der Waals surface area contributed by atoms with E-state index in [2.05, 4.69) is 0 Å². The van der Waals surface area contributed by atoms with E-state index >= 15 is 0 Å². The Kier molecular flexibility index (Phi) is 5.89. The van der Waals surface area contributed by atoms with E-state index in [1.165, 1.54) is 6.92 Å². The minimum absolute atomic E-state index is 0. The molecule has 1 aromatic carbocycles. The minimum Gasteiger partial charge on any atom is -0.458 e. The Morgan fingerprint density at radius 3 is 2.62 bits per heavy atom. The van der Waals surface area contributed by atoms with Crippen molar-refractivity contribution in [2.45, 2.75) is 33.3 Å². The van der Waals surface area contributed by atoms with Crippen molar-refractivity contribution in [2.24, 2.45) is 0 Å². The third-order valence-corrected chi connectivity index (χ3v) is 2.38. The van der Waals surface area contributed by atoms with Crippen molar-refractivity contribution >= 4 is 24.1 Å². The van der Waals surface area contributed by atoms with Crippen LogP contribution in [0.1, 0.15) is 38.0 Å². The standard InChI is InChI=1S/C12H17NO2.ClH/c1-4-10-11(6-5-7-12(10)13)8(2)15-9(3)14;/h5-8H,4,13H2,1-3H3;1H. The van der Waals surface area contributed by atoms with Gasteiger partial charge in [0.15, 0.2) is 0 Å². The van der Waals surface area contributed by atoms with Crippen LogP contribution in [0, 0.1) is 0 Å². The SMILES string of the molecule is CCc1c(N)cccc1C(C)OC(C)=O.Cl. The molecule has 0 saturated carbocycles. The molecule has 0 heterocycles. The number of halogens is 1. The Morgan fingerprint density at radius 2 is 2.12 bits per heavy atom. The Labute approximate surface area is 102 Å². The first kappa shape index (κ1) is 14.8. The molecular weight excluding hydrogens is 226 g/mol. The summed E-state index contributed by atoms with van der Waals surface area (Å²) in [6.07, 6.45) is 0.606. The molecule has 0 spiro atoms. The molecule has 0 saturated heterocycles. The van der Waals surface area contributed by atoms with Crippen LogP contribution in [0.5, 0.6) is 0 Å². The van der Waals surface area contributed by atoms with Crippen molar-refractivity contribution in [3.8, 4) is 0 Å². The van der Waals surface area contributed by atoms with Crippen molar-refractivity contribution in [3.63, 3.8) is 0 Å². The number of hydrogen-bond donors (Lipinski definition) is 1. The molecule has 0 radical (unpaired) electrons. The maximum Gasteiger partial charge on any atom is 0.303 e. The average molecular weight is 244 g/mol. The van der Waals surface area contributed by atoms with Crippen LogP contribution in [-0.4, -0.2) is 5.97 Å². The van der Waals surface area contributed by atoms with E-state index < -0.39 is 0 Å². The molecule has 1 aromatic rings. The monoisotopic (exact) mass is 243 g/mol. The van der Waals surface area contributed by atoms with Gasteiger partial charge in [-0.25, -0.2) is 0 Å². The molecule has 4 heteroatoms. The molecule has 0 aliphatic rings. The molecule has 1 unspecified atom stereocenters. The molecule has 3 nitrogen and oxygen atoms in total. The van der Waals surface area contributed by atoms with Gasteiger partial charge in [-0.15, -0.1) is 12.4 Å².